The van der Waals surface area contributed by atoms with E-state index in [4.69, 9.17) is 4.42 Å². The van der Waals surface area contributed by atoms with Crippen LogP contribution >= 0.6 is 0 Å². The van der Waals surface area contributed by atoms with E-state index in [1.54, 1.807) is 0 Å². The molecule has 2 heteroatoms. The second kappa shape index (κ2) is 3.13. The van der Waals surface area contributed by atoms with Gasteiger partial charge in [-0.3, -0.25) is 0 Å². The van der Waals surface area contributed by atoms with Gasteiger partial charge >= 0.3 is 99.6 Å². The molecule has 2 aromatic carbocycles. The Morgan fingerprint density at radius 3 is 2.57 bits per heavy atom. The van der Waals surface area contributed by atoms with Gasteiger partial charge in [0.15, 0.2) is 0 Å². The Morgan fingerprint density at radius 2 is 1.64 bits per heavy atom. The van der Waals surface area contributed by atoms with Crippen molar-refractivity contribution in [1.29, 1.82) is 0 Å². The number of hydrogen-bond acceptors (Lipinski definition) is 1. The minimum absolute atomic E-state index is 0.991. The first kappa shape index (κ1) is 8.54. The van der Waals surface area contributed by atoms with E-state index in [1.807, 2.05) is 12.1 Å². The number of para-hydroxylation sites is 2. The van der Waals surface area contributed by atoms with Crippen LogP contribution in [-0.4, -0.2) is 27.9 Å². The van der Waals surface area contributed by atoms with Gasteiger partial charge in [0.2, 0.25) is 0 Å². The van der Waals surface area contributed by atoms with Crippen molar-refractivity contribution in [1.82, 2.24) is 0 Å². The van der Waals surface area contributed by atoms with Crippen molar-refractivity contribution in [3.8, 4) is 0 Å². The van der Waals surface area contributed by atoms with Gasteiger partial charge < -0.3 is 0 Å². The third kappa shape index (κ3) is 1.13. The van der Waals surface area contributed by atoms with E-state index in [2.05, 4.69) is 30.3 Å². The van der Waals surface area contributed by atoms with Crippen LogP contribution in [0.25, 0.3) is 21.9 Å². The van der Waals surface area contributed by atoms with Crippen molar-refractivity contribution in [3.63, 3.8) is 0 Å². The molecule has 0 unspecified atom stereocenters. The van der Waals surface area contributed by atoms with Gasteiger partial charge in [-0.25, -0.2) is 0 Å². The van der Waals surface area contributed by atoms with E-state index in [0.29, 0.717) is 0 Å². The Hall–Kier alpha value is -0.760. The van der Waals surface area contributed by atoms with E-state index >= 15 is 0 Å². The van der Waals surface area contributed by atoms with Crippen LogP contribution in [0, 0.1) is 0 Å². The molecule has 0 saturated heterocycles. The van der Waals surface area contributed by atoms with Gasteiger partial charge in [0.05, 0.1) is 0 Å². The van der Waals surface area contributed by atoms with Crippen LogP contribution in [0.5, 0.6) is 0 Å². The molecule has 0 spiro atoms. The molecule has 1 aromatic heterocycles. The Morgan fingerprint density at radius 1 is 0.857 bits per heavy atom. The summed E-state index contributed by atoms with van der Waals surface area (Å²) in [4.78, 5) is 0. The SMILES string of the molecule is [Na][c]1cccc2c1oc1ccccc12. The van der Waals surface area contributed by atoms with Crippen LogP contribution in [0.3, 0.4) is 0 Å². The molecule has 1 heterocycles. The van der Waals surface area contributed by atoms with E-state index in [9.17, 15) is 0 Å². The Kier molecular flexibility index (Phi) is 1.91. The first-order valence-corrected chi connectivity index (χ1v) is 5.73. The van der Waals surface area contributed by atoms with Crippen molar-refractivity contribution in [2.45, 2.75) is 0 Å². The fraction of sp³-hybridized carbons (Fsp3) is 0. The summed E-state index contributed by atoms with van der Waals surface area (Å²) in [6.45, 7) is 0. The van der Waals surface area contributed by atoms with Crippen LogP contribution in [0.15, 0.2) is 46.9 Å². The van der Waals surface area contributed by atoms with Crippen molar-refractivity contribution in [2.75, 3.05) is 0 Å². The molecule has 1 nitrogen and oxygen atoms in total. The summed E-state index contributed by atoms with van der Waals surface area (Å²) < 4.78 is 7.15. The van der Waals surface area contributed by atoms with E-state index in [-0.39, 0.29) is 0 Å². The Balaban J connectivity index is 2.63. The van der Waals surface area contributed by atoms with E-state index in [1.165, 1.54) is 13.6 Å². The van der Waals surface area contributed by atoms with Gasteiger partial charge in [0.25, 0.3) is 0 Å². The first-order valence-electron chi connectivity index (χ1n) is 4.73. The van der Waals surface area contributed by atoms with E-state index in [0.717, 1.165) is 39.1 Å². The minimum atomic E-state index is 0.991. The van der Waals surface area contributed by atoms with Crippen molar-refractivity contribution < 1.29 is 4.42 Å². The average Bonchev–Trinajstić information content (AvgIpc) is 2.59. The van der Waals surface area contributed by atoms with Gasteiger partial charge in [0, 0.05) is 0 Å². The summed E-state index contributed by atoms with van der Waals surface area (Å²) >= 11 is 1.03. The maximum absolute atomic E-state index is 5.82. The van der Waals surface area contributed by atoms with Crippen LogP contribution in [0.2, 0.25) is 0 Å². The predicted octanol–water partition coefficient (Wildman–Crippen LogP) is 2.38. The second-order valence-corrected chi connectivity index (χ2v) is 4.63. The molecule has 0 aliphatic carbocycles. The summed E-state index contributed by atoms with van der Waals surface area (Å²) in [7, 11) is 0. The molecule has 3 aromatic rings. The molecule has 0 saturated carbocycles. The summed E-state index contributed by atoms with van der Waals surface area (Å²) in [5.74, 6) is 0. The fourth-order valence-corrected chi connectivity index (χ4v) is 2.45. The second-order valence-electron chi connectivity index (χ2n) is 3.55. The molecular formula is C12H7NaO. The first-order chi connectivity index (χ1) is 6.86. The van der Waals surface area contributed by atoms with Crippen LogP contribution in [0.4, 0.5) is 0 Å². The van der Waals surface area contributed by atoms with Gasteiger partial charge in [-0.1, -0.05) is 0 Å². The molecule has 0 atom stereocenters. The van der Waals surface area contributed by atoms with Gasteiger partial charge in [-0.05, 0) is 0 Å². The van der Waals surface area contributed by atoms with E-state index < -0.39 is 0 Å². The molecule has 0 bridgehead atoms. The number of hydrogen-bond donors (Lipinski definition) is 0. The molecular weight excluding hydrogens is 183 g/mol. The maximum atomic E-state index is 5.82. The topological polar surface area (TPSA) is 13.1 Å². The molecule has 0 N–H and O–H groups in total. The molecule has 0 aliphatic heterocycles. The monoisotopic (exact) mass is 190 g/mol. The van der Waals surface area contributed by atoms with Crippen LogP contribution in [0.1, 0.15) is 0 Å². The zero-order valence-electron chi connectivity index (χ0n) is 7.95. The van der Waals surface area contributed by atoms with Crippen LogP contribution in [-0.2, 0) is 0 Å². The molecule has 0 amide bonds. The van der Waals surface area contributed by atoms with Crippen molar-refractivity contribution in [3.05, 3.63) is 42.5 Å². The third-order valence-electron chi connectivity index (χ3n) is 2.60. The predicted molar refractivity (Wildman–Crippen MR) is 59.1 cm³/mol. The summed E-state index contributed by atoms with van der Waals surface area (Å²) in [6, 6.07) is 14.6. The molecule has 0 fully saturated rings. The molecule has 14 heavy (non-hydrogen) atoms. The Labute approximate surface area is 99.1 Å². The van der Waals surface area contributed by atoms with Crippen molar-refractivity contribution in [2.24, 2.45) is 0 Å². The molecule has 0 aliphatic rings. The average molecular weight is 190 g/mol. The number of rotatable bonds is 0. The standard InChI is InChI=1S/C12H7O.Na/c1-3-7-11-9(5-1)10-6-2-4-8-12(10)13-11;/h1-7H;. The van der Waals surface area contributed by atoms with Gasteiger partial charge in [0.1, 0.15) is 0 Å². The summed E-state index contributed by atoms with van der Waals surface area (Å²) in [6.07, 6.45) is 0. The van der Waals surface area contributed by atoms with Gasteiger partial charge in [-0.15, -0.1) is 0 Å². The third-order valence-corrected chi connectivity index (χ3v) is 3.39. The summed E-state index contributed by atoms with van der Waals surface area (Å²) in [5, 5.41) is 2.47. The zero-order chi connectivity index (χ0) is 9.54. The molecule has 62 valence electrons. The van der Waals surface area contributed by atoms with Crippen molar-refractivity contribution >= 4 is 52.7 Å². The normalized spacial score (nSPS) is 11.3. The number of fused-ring (bicyclic) bond motifs is 3. The zero-order valence-corrected chi connectivity index (χ0v) is 9.95. The molecule has 3 rings (SSSR count). The number of benzene rings is 2. The van der Waals surface area contributed by atoms with Crippen LogP contribution < -0.4 is 2.81 Å². The number of furan rings is 1. The fourth-order valence-electron chi connectivity index (χ4n) is 1.89. The Bertz CT molecular complexity index is 610. The quantitative estimate of drug-likeness (QED) is 0.496. The summed E-state index contributed by atoms with van der Waals surface area (Å²) in [5.41, 5.74) is 2.06. The molecule has 0 radical (unpaired) electrons. The van der Waals surface area contributed by atoms with Gasteiger partial charge in [-0.2, -0.15) is 0 Å².